The standard InChI is InChI=1S/C19H29N3O3/c1-14-7-9-22(13-14)10-12-25-17-5-3-16(4-6-17)21-19(23)18-15(2)24-11-8-20-18/h3-6,14-15,18,20H,7-13H2,1-2H3,(H,21,23)/t14?,15-,18+/m1/s1. The van der Waals surface area contributed by atoms with E-state index in [0.29, 0.717) is 19.8 Å². The molecule has 2 N–H and O–H groups in total. The number of amides is 1. The third kappa shape index (κ3) is 5.17. The predicted molar refractivity (Wildman–Crippen MR) is 98.0 cm³/mol. The Bertz CT molecular complexity index is 564. The third-order valence-electron chi connectivity index (χ3n) is 4.91. The van der Waals surface area contributed by atoms with Crippen molar-refractivity contribution in [2.24, 2.45) is 5.92 Å². The molecule has 3 atom stereocenters. The summed E-state index contributed by atoms with van der Waals surface area (Å²) in [6, 6.07) is 7.24. The van der Waals surface area contributed by atoms with E-state index >= 15 is 0 Å². The van der Waals surface area contributed by atoms with Crippen molar-refractivity contribution in [3.63, 3.8) is 0 Å². The van der Waals surface area contributed by atoms with Crippen LogP contribution in [-0.4, -0.2) is 62.3 Å². The Morgan fingerprint density at radius 1 is 1.36 bits per heavy atom. The van der Waals surface area contributed by atoms with Gasteiger partial charge in [-0.2, -0.15) is 0 Å². The summed E-state index contributed by atoms with van der Waals surface area (Å²) in [7, 11) is 0. The smallest absolute Gasteiger partial charge is 0.244 e. The summed E-state index contributed by atoms with van der Waals surface area (Å²) in [5.41, 5.74) is 0.769. The topological polar surface area (TPSA) is 62.8 Å². The van der Waals surface area contributed by atoms with Crippen LogP contribution in [0.3, 0.4) is 0 Å². The summed E-state index contributed by atoms with van der Waals surface area (Å²) >= 11 is 0. The van der Waals surface area contributed by atoms with Crippen LogP contribution in [0.1, 0.15) is 20.3 Å². The Morgan fingerprint density at radius 2 is 2.16 bits per heavy atom. The molecule has 0 saturated carbocycles. The van der Waals surface area contributed by atoms with Gasteiger partial charge in [-0.1, -0.05) is 6.92 Å². The highest BCUT2D eigenvalue weighted by Crippen LogP contribution is 2.18. The lowest BCUT2D eigenvalue weighted by molar-refractivity contribution is -0.123. The summed E-state index contributed by atoms with van der Waals surface area (Å²) in [6.45, 7) is 9.56. The fraction of sp³-hybridized carbons (Fsp3) is 0.632. The van der Waals surface area contributed by atoms with Gasteiger partial charge in [-0.3, -0.25) is 9.69 Å². The second kappa shape index (κ2) is 8.65. The van der Waals surface area contributed by atoms with E-state index in [4.69, 9.17) is 9.47 Å². The van der Waals surface area contributed by atoms with E-state index in [9.17, 15) is 4.79 Å². The minimum absolute atomic E-state index is 0.0657. The number of carbonyl (C=O) groups excluding carboxylic acids is 1. The molecule has 2 heterocycles. The van der Waals surface area contributed by atoms with Crippen LogP contribution in [-0.2, 0) is 9.53 Å². The molecule has 3 rings (SSSR count). The molecule has 25 heavy (non-hydrogen) atoms. The molecule has 2 aliphatic heterocycles. The van der Waals surface area contributed by atoms with Gasteiger partial charge in [-0.25, -0.2) is 0 Å². The first-order valence-electron chi connectivity index (χ1n) is 9.23. The summed E-state index contributed by atoms with van der Waals surface area (Å²) in [6.07, 6.45) is 1.16. The first-order chi connectivity index (χ1) is 12.1. The van der Waals surface area contributed by atoms with Crippen molar-refractivity contribution in [2.45, 2.75) is 32.4 Å². The number of hydrogen-bond acceptors (Lipinski definition) is 5. The van der Waals surface area contributed by atoms with Gasteiger partial charge in [0.05, 0.1) is 12.7 Å². The van der Waals surface area contributed by atoms with Crippen LogP contribution in [0.15, 0.2) is 24.3 Å². The van der Waals surface area contributed by atoms with Gasteiger partial charge in [0.25, 0.3) is 0 Å². The Kier molecular flexibility index (Phi) is 6.29. The second-order valence-corrected chi connectivity index (χ2v) is 7.06. The van der Waals surface area contributed by atoms with Gasteiger partial charge in [0, 0.05) is 25.3 Å². The maximum absolute atomic E-state index is 12.3. The van der Waals surface area contributed by atoms with Crippen molar-refractivity contribution < 1.29 is 14.3 Å². The zero-order chi connectivity index (χ0) is 17.6. The van der Waals surface area contributed by atoms with E-state index < -0.39 is 0 Å². The predicted octanol–water partition coefficient (Wildman–Crippen LogP) is 1.72. The highest BCUT2D eigenvalue weighted by atomic mass is 16.5. The molecule has 0 aromatic heterocycles. The fourth-order valence-electron chi connectivity index (χ4n) is 3.40. The van der Waals surface area contributed by atoms with Crippen LogP contribution >= 0.6 is 0 Å². The molecule has 2 fully saturated rings. The van der Waals surface area contributed by atoms with Crippen LogP contribution in [0, 0.1) is 5.92 Å². The Labute approximate surface area is 149 Å². The average Bonchev–Trinajstić information content (AvgIpc) is 3.02. The number of rotatable bonds is 6. The Hall–Kier alpha value is -1.63. The maximum Gasteiger partial charge on any atom is 0.244 e. The Morgan fingerprint density at radius 3 is 2.84 bits per heavy atom. The molecule has 6 heteroatoms. The average molecular weight is 347 g/mol. The summed E-state index contributed by atoms with van der Waals surface area (Å²) < 4.78 is 11.3. The van der Waals surface area contributed by atoms with E-state index in [1.54, 1.807) is 0 Å². The van der Waals surface area contributed by atoms with Gasteiger partial charge in [0.15, 0.2) is 0 Å². The highest BCUT2D eigenvalue weighted by molar-refractivity contribution is 5.95. The van der Waals surface area contributed by atoms with E-state index in [2.05, 4.69) is 22.5 Å². The van der Waals surface area contributed by atoms with Gasteiger partial charge < -0.3 is 20.1 Å². The number of likely N-dealkylation sites (tertiary alicyclic amines) is 1. The van der Waals surface area contributed by atoms with Gasteiger partial charge in [-0.05, 0) is 50.1 Å². The molecule has 0 spiro atoms. The second-order valence-electron chi connectivity index (χ2n) is 7.06. The number of nitrogens with one attached hydrogen (secondary N) is 2. The van der Waals surface area contributed by atoms with Crippen LogP contribution in [0.4, 0.5) is 5.69 Å². The lowest BCUT2D eigenvalue weighted by Crippen LogP contribution is -2.53. The lowest BCUT2D eigenvalue weighted by atomic mass is 10.1. The largest absolute Gasteiger partial charge is 0.492 e. The van der Waals surface area contributed by atoms with Gasteiger partial charge in [0.1, 0.15) is 18.4 Å². The van der Waals surface area contributed by atoms with E-state index in [-0.39, 0.29) is 18.1 Å². The molecular formula is C19H29N3O3. The molecule has 0 radical (unpaired) electrons. The number of benzene rings is 1. The van der Waals surface area contributed by atoms with Gasteiger partial charge in [-0.15, -0.1) is 0 Å². The molecule has 6 nitrogen and oxygen atoms in total. The van der Waals surface area contributed by atoms with Crippen molar-refractivity contribution in [3.8, 4) is 5.75 Å². The summed E-state index contributed by atoms with van der Waals surface area (Å²) in [4.78, 5) is 14.8. The van der Waals surface area contributed by atoms with Crippen LogP contribution in [0.5, 0.6) is 5.75 Å². The molecule has 1 unspecified atom stereocenters. The van der Waals surface area contributed by atoms with Gasteiger partial charge >= 0.3 is 0 Å². The van der Waals surface area contributed by atoms with Crippen LogP contribution in [0.2, 0.25) is 0 Å². The molecule has 2 saturated heterocycles. The fourth-order valence-corrected chi connectivity index (χ4v) is 3.40. The molecule has 1 aromatic carbocycles. The van der Waals surface area contributed by atoms with Crippen molar-refractivity contribution in [1.82, 2.24) is 10.2 Å². The van der Waals surface area contributed by atoms with E-state index in [1.807, 2.05) is 31.2 Å². The molecule has 0 aliphatic carbocycles. The number of anilines is 1. The van der Waals surface area contributed by atoms with Crippen molar-refractivity contribution >= 4 is 11.6 Å². The molecule has 1 aromatic rings. The molecular weight excluding hydrogens is 318 g/mol. The molecule has 0 bridgehead atoms. The zero-order valence-corrected chi connectivity index (χ0v) is 15.2. The van der Waals surface area contributed by atoms with E-state index in [1.165, 1.54) is 19.5 Å². The van der Waals surface area contributed by atoms with Crippen LogP contribution in [0.25, 0.3) is 0 Å². The zero-order valence-electron chi connectivity index (χ0n) is 15.2. The minimum atomic E-state index is -0.312. The number of carbonyl (C=O) groups is 1. The Balaban J connectivity index is 1.43. The van der Waals surface area contributed by atoms with Crippen molar-refractivity contribution in [3.05, 3.63) is 24.3 Å². The van der Waals surface area contributed by atoms with Crippen molar-refractivity contribution in [1.29, 1.82) is 0 Å². The summed E-state index contributed by atoms with van der Waals surface area (Å²) in [5.74, 6) is 1.57. The highest BCUT2D eigenvalue weighted by Gasteiger charge is 2.28. The number of hydrogen-bond donors (Lipinski definition) is 2. The lowest BCUT2D eigenvalue weighted by Gasteiger charge is -2.29. The monoisotopic (exact) mass is 347 g/mol. The minimum Gasteiger partial charge on any atom is -0.492 e. The SMILES string of the molecule is CC1CCN(CCOc2ccc(NC(=O)[C@H]3NCCO[C@@H]3C)cc2)C1. The van der Waals surface area contributed by atoms with Crippen LogP contribution < -0.4 is 15.4 Å². The first kappa shape index (κ1) is 18.2. The number of morpholine rings is 1. The van der Waals surface area contributed by atoms with Gasteiger partial charge in [0.2, 0.25) is 5.91 Å². The molecule has 138 valence electrons. The number of nitrogens with zero attached hydrogens (tertiary/aromatic N) is 1. The first-order valence-corrected chi connectivity index (χ1v) is 9.23. The quantitative estimate of drug-likeness (QED) is 0.820. The number of ether oxygens (including phenoxy) is 2. The molecule has 2 aliphatic rings. The summed E-state index contributed by atoms with van der Waals surface area (Å²) in [5, 5.41) is 6.12. The van der Waals surface area contributed by atoms with Crippen molar-refractivity contribution in [2.75, 3.05) is 44.7 Å². The normalized spacial score (nSPS) is 27.2. The van der Waals surface area contributed by atoms with E-state index in [0.717, 1.165) is 23.9 Å². The maximum atomic E-state index is 12.3. The molecule has 1 amide bonds. The third-order valence-corrected chi connectivity index (χ3v) is 4.91.